The fraction of sp³-hybridized carbons (Fsp3) is 0.688. The molecule has 0 spiro atoms. The van der Waals surface area contributed by atoms with Crippen LogP contribution in [0.3, 0.4) is 0 Å². The van der Waals surface area contributed by atoms with Crippen molar-refractivity contribution in [1.29, 1.82) is 0 Å². The van der Waals surface area contributed by atoms with Gasteiger partial charge in [-0.25, -0.2) is 18.7 Å². The lowest BCUT2D eigenvalue weighted by Crippen LogP contribution is -2.51. The highest BCUT2D eigenvalue weighted by atomic mass is 127. The van der Waals surface area contributed by atoms with Crippen molar-refractivity contribution in [3.8, 4) is 0 Å². The van der Waals surface area contributed by atoms with Gasteiger partial charge in [-0.1, -0.05) is 0 Å². The number of nitrogens with two attached hydrogens (primary N) is 1. The van der Waals surface area contributed by atoms with Crippen molar-refractivity contribution in [2.24, 2.45) is 16.6 Å². The monoisotopic (exact) mass is 466 g/mol. The quantitative estimate of drug-likeness (QED) is 0.421. The highest BCUT2D eigenvalue weighted by Crippen LogP contribution is 2.36. The van der Waals surface area contributed by atoms with Crippen LogP contribution in [0.2, 0.25) is 0 Å². The molecule has 2 fully saturated rings. The Labute approximate surface area is 163 Å². The zero-order valence-corrected chi connectivity index (χ0v) is 16.5. The Morgan fingerprint density at radius 3 is 2.36 bits per heavy atom. The number of anilines is 1. The van der Waals surface area contributed by atoms with E-state index in [-0.39, 0.29) is 42.7 Å². The van der Waals surface area contributed by atoms with Crippen LogP contribution in [0.4, 0.5) is 14.7 Å². The van der Waals surface area contributed by atoms with Gasteiger partial charge in [-0.2, -0.15) is 0 Å². The molecule has 1 aliphatic carbocycles. The van der Waals surface area contributed by atoms with Crippen LogP contribution in [0.25, 0.3) is 0 Å². The molecule has 1 saturated carbocycles. The number of alkyl halides is 2. The fourth-order valence-corrected chi connectivity index (χ4v) is 3.20. The van der Waals surface area contributed by atoms with Crippen LogP contribution in [0.5, 0.6) is 0 Å². The van der Waals surface area contributed by atoms with E-state index in [0.717, 1.165) is 32.1 Å². The summed E-state index contributed by atoms with van der Waals surface area (Å²) in [7, 11) is 0. The molecule has 3 rings (SSSR count). The predicted octanol–water partition coefficient (Wildman–Crippen LogP) is 2.36. The molecule has 0 atom stereocenters. The van der Waals surface area contributed by atoms with Crippen LogP contribution in [0.1, 0.15) is 25.7 Å². The maximum absolute atomic E-state index is 13.2. The van der Waals surface area contributed by atoms with Crippen LogP contribution >= 0.6 is 24.0 Å². The van der Waals surface area contributed by atoms with Gasteiger partial charge in [0.2, 0.25) is 11.9 Å². The summed E-state index contributed by atoms with van der Waals surface area (Å²) in [6, 6.07) is 1.80. The molecular weight excluding hydrogens is 441 g/mol. The number of piperazine rings is 1. The van der Waals surface area contributed by atoms with Crippen LogP contribution in [-0.4, -0.2) is 59.5 Å². The van der Waals surface area contributed by atoms with Gasteiger partial charge in [0.25, 0.3) is 0 Å². The van der Waals surface area contributed by atoms with E-state index < -0.39 is 5.92 Å². The van der Waals surface area contributed by atoms with Crippen LogP contribution < -0.4 is 10.6 Å². The third-order valence-corrected chi connectivity index (χ3v) is 4.79. The van der Waals surface area contributed by atoms with Gasteiger partial charge in [0.15, 0.2) is 5.96 Å². The molecule has 0 aromatic carbocycles. The van der Waals surface area contributed by atoms with E-state index in [0.29, 0.717) is 25.3 Å². The number of hydrogen-bond donors (Lipinski definition) is 1. The van der Waals surface area contributed by atoms with E-state index in [1.54, 1.807) is 18.5 Å². The number of aromatic nitrogens is 2. The Bertz CT molecular complexity index is 553. The van der Waals surface area contributed by atoms with Crippen molar-refractivity contribution in [2.45, 2.75) is 31.6 Å². The molecular formula is C16H25F2IN6. The second-order valence-electron chi connectivity index (χ2n) is 6.52. The largest absolute Gasteiger partial charge is 0.370 e. The number of halogens is 3. The van der Waals surface area contributed by atoms with Gasteiger partial charge in [0.05, 0.1) is 0 Å². The number of rotatable bonds is 3. The molecule has 1 aliphatic heterocycles. The Hall–Kier alpha value is -1.26. The number of aliphatic imine (C=N–C) groups is 1. The first kappa shape index (κ1) is 20.1. The van der Waals surface area contributed by atoms with E-state index in [9.17, 15) is 8.78 Å². The van der Waals surface area contributed by atoms with Gasteiger partial charge in [0, 0.05) is 58.0 Å². The van der Waals surface area contributed by atoms with Gasteiger partial charge in [0.1, 0.15) is 0 Å². The molecule has 0 radical (unpaired) electrons. The van der Waals surface area contributed by atoms with E-state index in [4.69, 9.17) is 5.73 Å². The highest BCUT2D eigenvalue weighted by molar-refractivity contribution is 14.0. The molecule has 9 heteroatoms. The van der Waals surface area contributed by atoms with E-state index >= 15 is 0 Å². The van der Waals surface area contributed by atoms with Crippen molar-refractivity contribution < 1.29 is 8.78 Å². The molecule has 0 amide bonds. The van der Waals surface area contributed by atoms with Crippen molar-refractivity contribution in [3.05, 3.63) is 18.5 Å². The molecule has 1 aromatic rings. The second kappa shape index (κ2) is 8.91. The Kier molecular flexibility index (Phi) is 7.14. The maximum Gasteiger partial charge on any atom is 0.248 e. The van der Waals surface area contributed by atoms with Gasteiger partial charge in [-0.3, -0.25) is 4.99 Å². The van der Waals surface area contributed by atoms with E-state index in [2.05, 4.69) is 19.9 Å². The molecule has 1 aromatic heterocycles. The average molecular weight is 466 g/mol. The summed E-state index contributed by atoms with van der Waals surface area (Å²) in [5, 5.41) is 0. The minimum Gasteiger partial charge on any atom is -0.370 e. The molecule has 2 heterocycles. The van der Waals surface area contributed by atoms with E-state index in [1.807, 2.05) is 4.90 Å². The summed E-state index contributed by atoms with van der Waals surface area (Å²) in [6.45, 7) is 3.64. The number of hydrogen-bond acceptors (Lipinski definition) is 4. The first-order valence-electron chi connectivity index (χ1n) is 8.48. The molecule has 2 aliphatic rings. The summed E-state index contributed by atoms with van der Waals surface area (Å²) in [6.07, 6.45) is 4.48. The second-order valence-corrected chi connectivity index (χ2v) is 6.52. The zero-order chi connectivity index (χ0) is 17.0. The lowest BCUT2D eigenvalue weighted by molar-refractivity contribution is -0.0446. The molecule has 2 N–H and O–H groups in total. The Morgan fingerprint density at radius 1 is 1.16 bits per heavy atom. The maximum atomic E-state index is 13.2. The fourth-order valence-electron chi connectivity index (χ4n) is 3.20. The smallest absolute Gasteiger partial charge is 0.248 e. The van der Waals surface area contributed by atoms with Crippen molar-refractivity contribution in [3.63, 3.8) is 0 Å². The molecule has 140 valence electrons. The van der Waals surface area contributed by atoms with Crippen molar-refractivity contribution in [2.75, 3.05) is 37.6 Å². The third kappa shape index (κ3) is 5.61. The number of nitrogens with zero attached hydrogens (tertiary/aromatic N) is 5. The minimum absolute atomic E-state index is 0. The summed E-state index contributed by atoms with van der Waals surface area (Å²) in [4.78, 5) is 17.1. The first-order chi connectivity index (χ1) is 11.5. The SMILES string of the molecule is I.NC(=NCC1CCC(F)(F)CC1)N1CCN(c2ncccn2)CC1. The average Bonchev–Trinajstić information content (AvgIpc) is 2.61. The summed E-state index contributed by atoms with van der Waals surface area (Å²) in [5.74, 6) is -1.01. The standard InChI is InChI=1S/C16H24F2N6.HI/c17-16(18)4-2-13(3-5-16)12-22-14(19)23-8-10-24(11-9-23)15-20-6-1-7-21-15;/h1,6-7,13H,2-5,8-12H2,(H2,19,22);1H. The summed E-state index contributed by atoms with van der Waals surface area (Å²) >= 11 is 0. The lowest BCUT2D eigenvalue weighted by Gasteiger charge is -2.35. The molecule has 0 unspecified atom stereocenters. The zero-order valence-electron chi connectivity index (χ0n) is 14.2. The van der Waals surface area contributed by atoms with Gasteiger partial charge >= 0.3 is 0 Å². The number of guanidine groups is 1. The summed E-state index contributed by atoms with van der Waals surface area (Å²) in [5.41, 5.74) is 6.08. The third-order valence-electron chi connectivity index (χ3n) is 4.79. The van der Waals surface area contributed by atoms with Gasteiger partial charge in [-0.05, 0) is 24.8 Å². The van der Waals surface area contributed by atoms with Crippen molar-refractivity contribution >= 4 is 35.9 Å². The first-order valence-corrected chi connectivity index (χ1v) is 8.48. The topological polar surface area (TPSA) is 70.6 Å². The Morgan fingerprint density at radius 2 is 1.76 bits per heavy atom. The predicted molar refractivity (Wildman–Crippen MR) is 105 cm³/mol. The van der Waals surface area contributed by atoms with Crippen LogP contribution in [0.15, 0.2) is 23.5 Å². The van der Waals surface area contributed by atoms with Gasteiger partial charge in [-0.15, -0.1) is 24.0 Å². The molecule has 0 bridgehead atoms. The van der Waals surface area contributed by atoms with Crippen LogP contribution in [0, 0.1) is 5.92 Å². The summed E-state index contributed by atoms with van der Waals surface area (Å²) < 4.78 is 26.3. The van der Waals surface area contributed by atoms with E-state index in [1.165, 1.54) is 0 Å². The molecule has 1 saturated heterocycles. The van der Waals surface area contributed by atoms with Gasteiger partial charge < -0.3 is 15.5 Å². The van der Waals surface area contributed by atoms with Crippen molar-refractivity contribution in [1.82, 2.24) is 14.9 Å². The lowest BCUT2D eigenvalue weighted by atomic mass is 9.87. The molecule has 25 heavy (non-hydrogen) atoms. The molecule has 6 nitrogen and oxygen atoms in total. The Balaban J connectivity index is 0.00000225. The highest BCUT2D eigenvalue weighted by Gasteiger charge is 2.34. The minimum atomic E-state index is -2.48. The van der Waals surface area contributed by atoms with Crippen LogP contribution in [-0.2, 0) is 0 Å². The normalized spacial score (nSPS) is 21.8.